The summed E-state index contributed by atoms with van der Waals surface area (Å²) in [6, 6.07) is 16.3. The standard InChI is InChI=1S/C22H18FN5S/c23-15-8-6-13(7-9-15)17-12-29-22(27-17)21-26-16-10-11-25-20(24)18(16)19(28-21)14-4-2-1-3-5-14/h1-9,12,20,25H,10-11,24H2. The first-order valence-corrected chi connectivity index (χ1v) is 10.2. The molecule has 0 saturated carbocycles. The Morgan fingerprint density at radius 3 is 2.55 bits per heavy atom. The molecule has 144 valence electrons. The zero-order valence-electron chi connectivity index (χ0n) is 15.5. The first-order valence-electron chi connectivity index (χ1n) is 9.36. The van der Waals surface area contributed by atoms with Crippen molar-refractivity contribution >= 4 is 11.3 Å². The summed E-state index contributed by atoms with van der Waals surface area (Å²) in [5.74, 6) is 0.328. The average Bonchev–Trinajstić information content (AvgIpc) is 3.25. The van der Waals surface area contributed by atoms with Crippen LogP contribution in [0.15, 0.2) is 60.0 Å². The summed E-state index contributed by atoms with van der Waals surface area (Å²) in [5, 5.41) is 5.97. The number of benzene rings is 2. The molecule has 0 aliphatic carbocycles. The van der Waals surface area contributed by atoms with E-state index in [1.54, 1.807) is 12.1 Å². The van der Waals surface area contributed by atoms with Crippen LogP contribution in [0, 0.1) is 5.82 Å². The fourth-order valence-electron chi connectivity index (χ4n) is 3.52. The van der Waals surface area contributed by atoms with E-state index in [4.69, 9.17) is 20.7 Å². The van der Waals surface area contributed by atoms with Crippen LogP contribution >= 0.6 is 11.3 Å². The molecule has 0 fully saturated rings. The van der Waals surface area contributed by atoms with Crippen molar-refractivity contribution in [2.45, 2.75) is 12.6 Å². The van der Waals surface area contributed by atoms with Crippen LogP contribution in [0.2, 0.25) is 0 Å². The van der Waals surface area contributed by atoms with E-state index in [0.29, 0.717) is 5.82 Å². The Labute approximate surface area is 171 Å². The first-order chi connectivity index (χ1) is 14.2. The molecule has 5 nitrogen and oxygen atoms in total. The minimum Gasteiger partial charge on any atom is -0.312 e. The van der Waals surface area contributed by atoms with E-state index >= 15 is 0 Å². The third-order valence-electron chi connectivity index (χ3n) is 4.94. The van der Waals surface area contributed by atoms with Gasteiger partial charge in [0.2, 0.25) is 0 Å². The molecular weight excluding hydrogens is 385 g/mol. The normalized spacial score (nSPS) is 15.9. The molecule has 0 amide bonds. The van der Waals surface area contributed by atoms with Crippen molar-refractivity contribution in [1.82, 2.24) is 20.3 Å². The van der Waals surface area contributed by atoms with E-state index in [-0.39, 0.29) is 12.0 Å². The van der Waals surface area contributed by atoms with Gasteiger partial charge < -0.3 is 5.73 Å². The highest BCUT2D eigenvalue weighted by Gasteiger charge is 2.25. The molecular formula is C22H18FN5S. The highest BCUT2D eigenvalue weighted by molar-refractivity contribution is 7.13. The van der Waals surface area contributed by atoms with Gasteiger partial charge in [0, 0.05) is 35.0 Å². The van der Waals surface area contributed by atoms with Gasteiger partial charge in [-0.05, 0) is 24.3 Å². The topological polar surface area (TPSA) is 76.7 Å². The predicted molar refractivity (Wildman–Crippen MR) is 113 cm³/mol. The zero-order chi connectivity index (χ0) is 19.8. The van der Waals surface area contributed by atoms with Gasteiger partial charge in [0.15, 0.2) is 10.8 Å². The smallest absolute Gasteiger partial charge is 0.189 e. The van der Waals surface area contributed by atoms with Crippen molar-refractivity contribution in [2.75, 3.05) is 6.54 Å². The van der Waals surface area contributed by atoms with Crippen LogP contribution in [0.4, 0.5) is 4.39 Å². The van der Waals surface area contributed by atoms with Crippen molar-refractivity contribution in [3.05, 3.63) is 77.1 Å². The largest absolute Gasteiger partial charge is 0.312 e. The van der Waals surface area contributed by atoms with Gasteiger partial charge in [-0.15, -0.1) is 11.3 Å². The molecule has 0 radical (unpaired) electrons. The maximum absolute atomic E-state index is 13.2. The molecule has 0 bridgehead atoms. The van der Waals surface area contributed by atoms with Gasteiger partial charge in [-0.2, -0.15) is 0 Å². The number of hydrogen-bond acceptors (Lipinski definition) is 6. The molecule has 3 N–H and O–H groups in total. The molecule has 2 aromatic carbocycles. The SMILES string of the molecule is NC1NCCc2nc(-c3nc(-c4ccc(F)cc4)cs3)nc(-c3ccccc3)c21. The van der Waals surface area contributed by atoms with E-state index < -0.39 is 0 Å². The van der Waals surface area contributed by atoms with E-state index in [1.165, 1.54) is 23.5 Å². The molecule has 0 spiro atoms. The number of nitrogens with zero attached hydrogens (tertiary/aromatic N) is 3. The fraction of sp³-hybridized carbons (Fsp3) is 0.136. The van der Waals surface area contributed by atoms with Gasteiger partial charge in [-0.1, -0.05) is 30.3 Å². The Morgan fingerprint density at radius 1 is 0.966 bits per heavy atom. The van der Waals surface area contributed by atoms with Crippen molar-refractivity contribution in [2.24, 2.45) is 5.73 Å². The molecule has 29 heavy (non-hydrogen) atoms. The molecule has 5 rings (SSSR count). The van der Waals surface area contributed by atoms with Gasteiger partial charge in [0.05, 0.1) is 23.2 Å². The van der Waals surface area contributed by atoms with Crippen LogP contribution in [0.3, 0.4) is 0 Å². The van der Waals surface area contributed by atoms with Gasteiger partial charge in [0.1, 0.15) is 5.82 Å². The summed E-state index contributed by atoms with van der Waals surface area (Å²) in [6.07, 6.45) is 0.489. The second-order valence-corrected chi connectivity index (χ2v) is 7.71. The quantitative estimate of drug-likeness (QED) is 0.537. The van der Waals surface area contributed by atoms with Gasteiger partial charge >= 0.3 is 0 Å². The van der Waals surface area contributed by atoms with Gasteiger partial charge in [-0.25, -0.2) is 19.3 Å². The van der Waals surface area contributed by atoms with Crippen molar-refractivity contribution in [3.63, 3.8) is 0 Å². The van der Waals surface area contributed by atoms with Crippen LogP contribution < -0.4 is 11.1 Å². The van der Waals surface area contributed by atoms with Crippen LogP contribution in [-0.2, 0) is 6.42 Å². The van der Waals surface area contributed by atoms with E-state index in [9.17, 15) is 4.39 Å². The molecule has 2 aromatic heterocycles. The maximum Gasteiger partial charge on any atom is 0.189 e. The number of hydrogen-bond donors (Lipinski definition) is 2. The fourth-order valence-corrected chi connectivity index (χ4v) is 4.28. The van der Waals surface area contributed by atoms with Crippen LogP contribution in [-0.4, -0.2) is 21.5 Å². The third-order valence-corrected chi connectivity index (χ3v) is 5.78. The lowest BCUT2D eigenvalue weighted by Crippen LogP contribution is -2.36. The summed E-state index contributed by atoms with van der Waals surface area (Å²) in [5.41, 5.74) is 11.7. The number of fused-ring (bicyclic) bond motifs is 1. The second-order valence-electron chi connectivity index (χ2n) is 6.85. The molecule has 1 atom stereocenters. The van der Waals surface area contributed by atoms with Crippen molar-refractivity contribution in [1.29, 1.82) is 0 Å². The number of nitrogens with one attached hydrogen (secondary N) is 1. The number of thiazole rings is 1. The number of aromatic nitrogens is 3. The maximum atomic E-state index is 13.2. The molecule has 1 aliphatic heterocycles. The minimum atomic E-state index is -0.297. The monoisotopic (exact) mass is 403 g/mol. The number of nitrogens with two attached hydrogens (primary N) is 1. The summed E-state index contributed by atoms with van der Waals surface area (Å²) >= 11 is 1.48. The Balaban J connectivity index is 1.62. The summed E-state index contributed by atoms with van der Waals surface area (Å²) in [4.78, 5) is 14.4. The van der Waals surface area contributed by atoms with Crippen molar-refractivity contribution < 1.29 is 4.39 Å². The van der Waals surface area contributed by atoms with E-state index in [0.717, 1.165) is 51.7 Å². The minimum absolute atomic E-state index is 0.264. The van der Waals surface area contributed by atoms with E-state index in [2.05, 4.69) is 5.32 Å². The molecule has 1 aliphatic rings. The highest BCUT2D eigenvalue weighted by Crippen LogP contribution is 2.33. The summed E-state index contributed by atoms with van der Waals surface area (Å²) in [6.45, 7) is 0.775. The summed E-state index contributed by atoms with van der Waals surface area (Å²) < 4.78 is 13.2. The molecule has 7 heteroatoms. The lowest BCUT2D eigenvalue weighted by Gasteiger charge is -2.25. The van der Waals surface area contributed by atoms with Crippen LogP contribution in [0.5, 0.6) is 0 Å². The Morgan fingerprint density at radius 2 is 1.76 bits per heavy atom. The Hall–Kier alpha value is -3.00. The second kappa shape index (κ2) is 7.44. The van der Waals surface area contributed by atoms with Crippen molar-refractivity contribution in [3.8, 4) is 33.3 Å². The summed E-state index contributed by atoms with van der Waals surface area (Å²) in [7, 11) is 0. The lowest BCUT2D eigenvalue weighted by molar-refractivity contribution is 0.512. The van der Waals surface area contributed by atoms with Gasteiger partial charge in [-0.3, -0.25) is 5.32 Å². The zero-order valence-corrected chi connectivity index (χ0v) is 16.3. The van der Waals surface area contributed by atoms with E-state index in [1.807, 2.05) is 35.7 Å². The molecule has 3 heterocycles. The molecule has 0 saturated heterocycles. The van der Waals surface area contributed by atoms with Crippen LogP contribution in [0.1, 0.15) is 17.4 Å². The Kier molecular flexibility index (Phi) is 4.63. The number of rotatable bonds is 3. The highest BCUT2D eigenvalue weighted by atomic mass is 32.1. The van der Waals surface area contributed by atoms with Gasteiger partial charge in [0.25, 0.3) is 0 Å². The molecule has 1 unspecified atom stereocenters. The predicted octanol–water partition coefficient (Wildman–Crippen LogP) is 4.18. The first kappa shape index (κ1) is 18.1. The number of halogens is 1. The third kappa shape index (κ3) is 3.44. The van der Waals surface area contributed by atoms with Crippen LogP contribution in [0.25, 0.3) is 33.3 Å². The lowest BCUT2D eigenvalue weighted by atomic mass is 9.98. The Bertz CT molecular complexity index is 1160. The average molecular weight is 403 g/mol. The molecule has 4 aromatic rings.